The molecule has 19 heavy (non-hydrogen) atoms. The number of halogens is 2. The molecule has 0 saturated carbocycles. The monoisotopic (exact) mass is 384 g/mol. The first-order valence-electron chi connectivity index (χ1n) is 5.87. The van der Waals surface area contributed by atoms with E-state index in [1.165, 1.54) is 0 Å². The number of nitrogens with one attached hydrogen (secondary N) is 1. The standard InChI is InChI=1S/C13H14Br2N4/c1-2-18-12(9-7-17-4-3-11(9)16)13-10(15)5-8(14)6-19-13/h3-7,12,18H,2H2,1H3,(H2,16,17). The van der Waals surface area contributed by atoms with Gasteiger partial charge in [0.1, 0.15) is 0 Å². The predicted molar refractivity (Wildman–Crippen MR) is 83.8 cm³/mol. The van der Waals surface area contributed by atoms with Crippen LogP contribution < -0.4 is 11.1 Å². The van der Waals surface area contributed by atoms with Crippen LogP contribution in [0.1, 0.15) is 24.2 Å². The van der Waals surface area contributed by atoms with Gasteiger partial charge in [0.2, 0.25) is 0 Å². The molecule has 2 aromatic rings. The van der Waals surface area contributed by atoms with Gasteiger partial charge in [0, 0.05) is 38.8 Å². The van der Waals surface area contributed by atoms with Crippen LogP contribution >= 0.6 is 31.9 Å². The Morgan fingerprint density at radius 1 is 1.37 bits per heavy atom. The van der Waals surface area contributed by atoms with Crippen LogP contribution in [-0.4, -0.2) is 16.5 Å². The van der Waals surface area contributed by atoms with Crippen LogP contribution in [0.4, 0.5) is 5.69 Å². The Bertz CT molecular complexity index is 574. The lowest BCUT2D eigenvalue weighted by Crippen LogP contribution is -2.24. The smallest absolute Gasteiger partial charge is 0.0798 e. The molecule has 0 aliphatic rings. The third-order valence-corrected chi connectivity index (χ3v) is 3.78. The molecule has 0 saturated heterocycles. The highest BCUT2D eigenvalue weighted by Gasteiger charge is 2.19. The predicted octanol–water partition coefficient (Wildman–Crippen LogP) is 3.28. The molecule has 2 rings (SSSR count). The summed E-state index contributed by atoms with van der Waals surface area (Å²) in [5.41, 5.74) is 8.57. The number of hydrogen-bond acceptors (Lipinski definition) is 4. The Kier molecular flexibility index (Phi) is 4.90. The number of nitrogen functional groups attached to an aromatic ring is 1. The molecular formula is C13H14Br2N4. The van der Waals surface area contributed by atoms with Gasteiger partial charge in [0.05, 0.1) is 11.7 Å². The van der Waals surface area contributed by atoms with Gasteiger partial charge in [-0.2, -0.15) is 0 Å². The fraction of sp³-hybridized carbons (Fsp3) is 0.231. The SMILES string of the molecule is CCNC(c1cnccc1N)c1ncc(Br)cc1Br. The zero-order chi connectivity index (χ0) is 13.8. The van der Waals surface area contributed by atoms with Gasteiger partial charge in [-0.3, -0.25) is 9.97 Å². The second-order valence-electron chi connectivity index (χ2n) is 4.02. The van der Waals surface area contributed by atoms with E-state index < -0.39 is 0 Å². The lowest BCUT2D eigenvalue weighted by Gasteiger charge is -2.20. The zero-order valence-electron chi connectivity index (χ0n) is 10.4. The number of nitrogens with zero attached hydrogens (tertiary/aromatic N) is 2. The van der Waals surface area contributed by atoms with E-state index in [4.69, 9.17) is 5.73 Å². The largest absolute Gasteiger partial charge is 0.398 e. The summed E-state index contributed by atoms with van der Waals surface area (Å²) in [4.78, 5) is 8.62. The summed E-state index contributed by atoms with van der Waals surface area (Å²) in [6.07, 6.45) is 5.24. The average Bonchev–Trinajstić information content (AvgIpc) is 2.38. The molecule has 3 N–H and O–H groups in total. The van der Waals surface area contributed by atoms with Crippen molar-refractivity contribution < 1.29 is 0 Å². The van der Waals surface area contributed by atoms with Crippen molar-refractivity contribution in [1.29, 1.82) is 0 Å². The lowest BCUT2D eigenvalue weighted by molar-refractivity contribution is 0.612. The average molecular weight is 386 g/mol. The Balaban J connectivity index is 2.48. The van der Waals surface area contributed by atoms with Gasteiger partial charge >= 0.3 is 0 Å². The molecule has 100 valence electrons. The summed E-state index contributed by atoms with van der Waals surface area (Å²) in [6, 6.07) is 3.69. The quantitative estimate of drug-likeness (QED) is 0.847. The summed E-state index contributed by atoms with van der Waals surface area (Å²) < 4.78 is 1.86. The number of rotatable bonds is 4. The van der Waals surface area contributed by atoms with Crippen molar-refractivity contribution in [3.63, 3.8) is 0 Å². The number of nitrogens with two attached hydrogens (primary N) is 1. The van der Waals surface area contributed by atoms with Crippen LogP contribution in [0.3, 0.4) is 0 Å². The van der Waals surface area contributed by atoms with E-state index in [-0.39, 0.29) is 6.04 Å². The molecular weight excluding hydrogens is 372 g/mol. The zero-order valence-corrected chi connectivity index (χ0v) is 13.6. The van der Waals surface area contributed by atoms with E-state index in [1.807, 2.05) is 13.0 Å². The molecule has 2 heterocycles. The van der Waals surface area contributed by atoms with E-state index >= 15 is 0 Å². The highest BCUT2D eigenvalue weighted by Crippen LogP contribution is 2.30. The molecule has 0 aliphatic heterocycles. The first-order chi connectivity index (χ1) is 9.13. The molecule has 0 aliphatic carbocycles. The van der Waals surface area contributed by atoms with Crippen LogP contribution in [0.15, 0.2) is 39.7 Å². The minimum absolute atomic E-state index is 0.0822. The minimum Gasteiger partial charge on any atom is -0.398 e. The second kappa shape index (κ2) is 6.45. The summed E-state index contributed by atoms with van der Waals surface area (Å²) in [7, 11) is 0. The van der Waals surface area contributed by atoms with Crippen LogP contribution in [0.2, 0.25) is 0 Å². The first kappa shape index (κ1) is 14.4. The second-order valence-corrected chi connectivity index (χ2v) is 5.79. The highest BCUT2D eigenvalue weighted by molar-refractivity contribution is 9.11. The van der Waals surface area contributed by atoms with Gasteiger partial charge in [-0.1, -0.05) is 6.92 Å². The Hall–Kier alpha value is -0.980. The van der Waals surface area contributed by atoms with Crippen molar-refractivity contribution in [3.05, 3.63) is 50.9 Å². The topological polar surface area (TPSA) is 63.8 Å². The molecule has 1 unspecified atom stereocenters. The Morgan fingerprint density at radius 3 is 2.79 bits per heavy atom. The molecule has 0 fully saturated rings. The Morgan fingerprint density at radius 2 is 2.16 bits per heavy atom. The molecule has 0 spiro atoms. The lowest BCUT2D eigenvalue weighted by atomic mass is 10.0. The molecule has 0 bridgehead atoms. The normalized spacial score (nSPS) is 12.4. The van der Waals surface area contributed by atoms with Gasteiger partial charge in [0.15, 0.2) is 0 Å². The number of anilines is 1. The molecule has 4 nitrogen and oxygen atoms in total. The molecule has 6 heteroatoms. The molecule has 1 atom stereocenters. The number of hydrogen-bond donors (Lipinski definition) is 2. The van der Waals surface area contributed by atoms with Gasteiger partial charge in [0.25, 0.3) is 0 Å². The van der Waals surface area contributed by atoms with Crippen molar-refractivity contribution in [2.75, 3.05) is 12.3 Å². The van der Waals surface area contributed by atoms with E-state index in [2.05, 4.69) is 47.1 Å². The van der Waals surface area contributed by atoms with Crippen LogP contribution in [0.5, 0.6) is 0 Å². The summed E-state index contributed by atoms with van der Waals surface area (Å²) in [6.45, 7) is 2.86. The maximum atomic E-state index is 6.04. The van der Waals surface area contributed by atoms with Crippen molar-refractivity contribution >= 4 is 37.5 Å². The fourth-order valence-electron chi connectivity index (χ4n) is 1.85. The van der Waals surface area contributed by atoms with Crippen molar-refractivity contribution in [3.8, 4) is 0 Å². The van der Waals surface area contributed by atoms with Crippen LogP contribution in [-0.2, 0) is 0 Å². The first-order valence-corrected chi connectivity index (χ1v) is 7.45. The molecule has 0 amide bonds. The van der Waals surface area contributed by atoms with E-state index in [1.54, 1.807) is 24.7 Å². The fourth-order valence-corrected chi connectivity index (χ4v) is 3.07. The highest BCUT2D eigenvalue weighted by atomic mass is 79.9. The maximum absolute atomic E-state index is 6.04. The summed E-state index contributed by atoms with van der Waals surface area (Å²) in [5.74, 6) is 0. The summed E-state index contributed by atoms with van der Waals surface area (Å²) >= 11 is 6.95. The van der Waals surface area contributed by atoms with E-state index in [0.717, 1.165) is 26.7 Å². The van der Waals surface area contributed by atoms with Gasteiger partial charge in [-0.15, -0.1) is 0 Å². The minimum atomic E-state index is -0.0822. The number of pyridine rings is 2. The van der Waals surface area contributed by atoms with Gasteiger partial charge in [-0.25, -0.2) is 0 Å². The molecule has 2 aromatic heterocycles. The third kappa shape index (κ3) is 3.32. The van der Waals surface area contributed by atoms with Crippen molar-refractivity contribution in [2.24, 2.45) is 0 Å². The molecule has 0 radical (unpaired) electrons. The van der Waals surface area contributed by atoms with Crippen molar-refractivity contribution in [1.82, 2.24) is 15.3 Å². The van der Waals surface area contributed by atoms with Crippen LogP contribution in [0, 0.1) is 0 Å². The van der Waals surface area contributed by atoms with E-state index in [0.29, 0.717) is 5.69 Å². The van der Waals surface area contributed by atoms with E-state index in [9.17, 15) is 0 Å². The molecule has 0 aromatic carbocycles. The van der Waals surface area contributed by atoms with Crippen LogP contribution in [0.25, 0.3) is 0 Å². The third-order valence-electron chi connectivity index (χ3n) is 2.72. The van der Waals surface area contributed by atoms with Gasteiger partial charge in [-0.05, 0) is 50.5 Å². The Labute approximate surface area is 129 Å². The number of aromatic nitrogens is 2. The van der Waals surface area contributed by atoms with Crippen molar-refractivity contribution in [2.45, 2.75) is 13.0 Å². The van der Waals surface area contributed by atoms with Gasteiger partial charge < -0.3 is 11.1 Å². The summed E-state index contributed by atoms with van der Waals surface area (Å²) in [5, 5.41) is 3.39. The maximum Gasteiger partial charge on any atom is 0.0798 e.